The molecule has 0 radical (unpaired) electrons. The van der Waals surface area contributed by atoms with Crippen molar-refractivity contribution in [3.8, 4) is 0 Å². The van der Waals surface area contributed by atoms with E-state index in [0.717, 1.165) is 0 Å². The lowest BCUT2D eigenvalue weighted by molar-refractivity contribution is -0.0103. The summed E-state index contributed by atoms with van der Waals surface area (Å²) >= 11 is 0. The average molecular weight is 184 g/mol. The van der Waals surface area contributed by atoms with Crippen LogP contribution < -0.4 is 5.73 Å². The van der Waals surface area contributed by atoms with Gasteiger partial charge in [0.2, 0.25) is 0 Å². The number of aliphatic hydroxyl groups is 2. The molecule has 0 fully saturated rings. The zero-order chi connectivity index (χ0) is 8.20. The van der Waals surface area contributed by atoms with Crippen LogP contribution >= 0.6 is 12.4 Å². The van der Waals surface area contributed by atoms with Gasteiger partial charge in [0.15, 0.2) is 0 Å². The lowest BCUT2D eigenvalue weighted by Gasteiger charge is -2.30. The maximum atomic E-state index is 9.61. The van der Waals surface area contributed by atoms with Gasteiger partial charge >= 0.3 is 0 Å². The highest BCUT2D eigenvalue weighted by molar-refractivity contribution is 5.85. The summed E-state index contributed by atoms with van der Waals surface area (Å²) in [5.74, 6) is 0. The molecule has 4 heteroatoms. The summed E-state index contributed by atoms with van der Waals surface area (Å²) in [5, 5.41) is 18.3. The van der Waals surface area contributed by atoms with Gasteiger partial charge in [-0.15, -0.1) is 12.4 Å². The fourth-order valence-electron chi connectivity index (χ4n) is 0.944. The third-order valence-corrected chi connectivity index (χ3v) is 2.11. The van der Waals surface area contributed by atoms with Crippen molar-refractivity contribution in [2.75, 3.05) is 6.61 Å². The second-order valence-corrected chi connectivity index (χ2v) is 2.60. The highest BCUT2D eigenvalue weighted by Crippen LogP contribution is 2.17. The van der Waals surface area contributed by atoms with Crippen LogP contribution in [-0.2, 0) is 0 Å². The van der Waals surface area contributed by atoms with Crippen LogP contribution in [-0.4, -0.2) is 28.5 Å². The van der Waals surface area contributed by atoms with Gasteiger partial charge in [0, 0.05) is 0 Å². The van der Waals surface area contributed by atoms with Crippen molar-refractivity contribution in [1.29, 1.82) is 0 Å². The van der Waals surface area contributed by atoms with Crippen molar-refractivity contribution < 1.29 is 10.2 Å². The van der Waals surface area contributed by atoms with Gasteiger partial charge in [-0.25, -0.2) is 0 Å². The molecule has 0 aromatic heterocycles. The molecule has 0 saturated carbocycles. The molecular weight excluding hydrogens is 166 g/mol. The molecule has 0 unspecified atom stereocenters. The van der Waals surface area contributed by atoms with E-state index in [1.165, 1.54) is 0 Å². The number of hydrogen-bond acceptors (Lipinski definition) is 3. The minimum Gasteiger partial charge on any atom is -0.395 e. The normalized spacial score (nSPS) is 13.9. The molecule has 0 aliphatic carbocycles. The topological polar surface area (TPSA) is 66.5 Å². The Kier molecular flexibility index (Phi) is 7.21. The number of halogens is 1. The summed E-state index contributed by atoms with van der Waals surface area (Å²) < 4.78 is 0. The van der Waals surface area contributed by atoms with Crippen LogP contribution in [0.5, 0.6) is 0 Å². The predicted octanol–water partition coefficient (Wildman–Crippen LogP) is 0.279. The van der Waals surface area contributed by atoms with Crippen molar-refractivity contribution in [2.24, 2.45) is 5.73 Å². The van der Waals surface area contributed by atoms with Crippen LogP contribution in [0, 0.1) is 0 Å². The zero-order valence-electron chi connectivity index (χ0n) is 7.08. The first kappa shape index (κ1) is 13.7. The van der Waals surface area contributed by atoms with Crippen molar-refractivity contribution in [3.05, 3.63) is 0 Å². The molecule has 0 heterocycles. The first-order chi connectivity index (χ1) is 4.60. The van der Waals surface area contributed by atoms with Gasteiger partial charge in [0.1, 0.15) is 0 Å². The molecule has 0 aliphatic heterocycles. The van der Waals surface area contributed by atoms with Crippen LogP contribution in [0.3, 0.4) is 0 Å². The SMILES string of the molecule is CCC(O)(CC)[C@@H](N)CO.Cl. The fourth-order valence-corrected chi connectivity index (χ4v) is 0.944. The Morgan fingerprint density at radius 2 is 1.73 bits per heavy atom. The van der Waals surface area contributed by atoms with Gasteiger partial charge in [0.05, 0.1) is 18.2 Å². The van der Waals surface area contributed by atoms with Gasteiger partial charge < -0.3 is 15.9 Å². The van der Waals surface area contributed by atoms with Crippen LogP contribution in [0.15, 0.2) is 0 Å². The molecule has 1 atom stereocenters. The molecular formula is C7H18ClNO2. The van der Waals surface area contributed by atoms with Crippen molar-refractivity contribution in [3.63, 3.8) is 0 Å². The van der Waals surface area contributed by atoms with E-state index in [1.54, 1.807) is 0 Å². The molecule has 0 amide bonds. The van der Waals surface area contributed by atoms with Gasteiger partial charge in [-0.1, -0.05) is 13.8 Å². The van der Waals surface area contributed by atoms with Crippen LogP contribution in [0.2, 0.25) is 0 Å². The molecule has 70 valence electrons. The largest absolute Gasteiger partial charge is 0.395 e. The molecule has 3 nitrogen and oxygen atoms in total. The van der Waals surface area contributed by atoms with Crippen LogP contribution in [0.25, 0.3) is 0 Å². The van der Waals surface area contributed by atoms with Crippen LogP contribution in [0.1, 0.15) is 26.7 Å². The Labute approximate surface area is 74.0 Å². The van der Waals surface area contributed by atoms with E-state index in [9.17, 15) is 5.11 Å². The van der Waals surface area contributed by atoms with Gasteiger partial charge in [0.25, 0.3) is 0 Å². The molecule has 0 spiro atoms. The molecule has 0 rings (SSSR count). The molecule has 0 aromatic carbocycles. The van der Waals surface area contributed by atoms with E-state index >= 15 is 0 Å². The molecule has 0 saturated heterocycles. The van der Waals surface area contributed by atoms with E-state index in [2.05, 4.69) is 0 Å². The van der Waals surface area contributed by atoms with E-state index < -0.39 is 11.6 Å². The smallest absolute Gasteiger partial charge is 0.0815 e. The zero-order valence-corrected chi connectivity index (χ0v) is 7.90. The summed E-state index contributed by atoms with van der Waals surface area (Å²) in [6.45, 7) is 3.57. The highest BCUT2D eigenvalue weighted by Gasteiger charge is 2.29. The average Bonchev–Trinajstić information content (AvgIpc) is 2.01. The number of aliphatic hydroxyl groups excluding tert-OH is 1. The summed E-state index contributed by atoms with van der Waals surface area (Å²) in [4.78, 5) is 0. The maximum absolute atomic E-state index is 9.61. The van der Waals surface area contributed by atoms with Gasteiger partial charge in [-0.05, 0) is 12.8 Å². The second kappa shape index (κ2) is 5.77. The van der Waals surface area contributed by atoms with E-state index in [1.807, 2.05) is 13.8 Å². The van der Waals surface area contributed by atoms with E-state index in [0.29, 0.717) is 12.8 Å². The molecule has 0 aliphatic rings. The third-order valence-electron chi connectivity index (χ3n) is 2.11. The van der Waals surface area contributed by atoms with Crippen molar-refractivity contribution in [2.45, 2.75) is 38.3 Å². The maximum Gasteiger partial charge on any atom is 0.0815 e. The highest BCUT2D eigenvalue weighted by atomic mass is 35.5. The molecule has 0 aromatic rings. The monoisotopic (exact) mass is 183 g/mol. The first-order valence-corrected chi connectivity index (χ1v) is 3.69. The number of hydrogen-bond donors (Lipinski definition) is 3. The van der Waals surface area contributed by atoms with Gasteiger partial charge in [-0.3, -0.25) is 0 Å². The third kappa shape index (κ3) is 3.38. The number of nitrogens with two attached hydrogens (primary N) is 1. The Balaban J connectivity index is 0. The minimum atomic E-state index is -0.880. The Morgan fingerprint density at radius 3 is 1.82 bits per heavy atom. The van der Waals surface area contributed by atoms with Crippen molar-refractivity contribution in [1.82, 2.24) is 0 Å². The first-order valence-electron chi connectivity index (χ1n) is 3.69. The van der Waals surface area contributed by atoms with Crippen molar-refractivity contribution >= 4 is 12.4 Å². The lowest BCUT2D eigenvalue weighted by Crippen LogP contribution is -2.49. The number of rotatable bonds is 4. The summed E-state index contributed by atoms with van der Waals surface area (Å²) in [6.07, 6.45) is 1.18. The molecule has 11 heavy (non-hydrogen) atoms. The molecule has 0 bridgehead atoms. The second-order valence-electron chi connectivity index (χ2n) is 2.60. The lowest BCUT2D eigenvalue weighted by atomic mass is 9.90. The summed E-state index contributed by atoms with van der Waals surface area (Å²) in [6, 6.07) is -0.512. The summed E-state index contributed by atoms with van der Waals surface area (Å²) in [5.41, 5.74) is 4.59. The van der Waals surface area contributed by atoms with Gasteiger partial charge in [-0.2, -0.15) is 0 Å². The quantitative estimate of drug-likeness (QED) is 0.587. The Hall–Kier alpha value is 0.170. The molecule has 4 N–H and O–H groups in total. The Bertz CT molecular complexity index is 96.4. The fraction of sp³-hybridized carbons (Fsp3) is 1.00. The van der Waals surface area contributed by atoms with E-state index in [4.69, 9.17) is 10.8 Å². The Morgan fingerprint density at radius 1 is 1.36 bits per heavy atom. The minimum absolute atomic E-state index is 0. The summed E-state index contributed by atoms with van der Waals surface area (Å²) in [7, 11) is 0. The van der Waals surface area contributed by atoms with E-state index in [-0.39, 0.29) is 19.0 Å². The standard InChI is InChI=1S/C7H17NO2.ClH/c1-3-7(10,4-2)6(8)5-9;/h6,9-10H,3-5,8H2,1-2H3;1H/t6-;/m0./s1. The predicted molar refractivity (Wildman–Crippen MR) is 47.8 cm³/mol. The van der Waals surface area contributed by atoms with Crippen LogP contribution in [0.4, 0.5) is 0 Å².